The number of hydrogen-bond acceptors (Lipinski definition) is 5. The second kappa shape index (κ2) is 5.60. The predicted octanol–water partition coefficient (Wildman–Crippen LogP) is 1.20. The Labute approximate surface area is 103 Å². The van der Waals surface area contributed by atoms with Gasteiger partial charge in [-0.2, -0.15) is 4.98 Å². The van der Waals surface area contributed by atoms with Gasteiger partial charge in [-0.3, -0.25) is 4.90 Å². The fourth-order valence-electron chi connectivity index (χ4n) is 2.26. The molecule has 2 atom stereocenters. The summed E-state index contributed by atoms with van der Waals surface area (Å²) in [4.78, 5) is 6.66. The van der Waals surface area contributed by atoms with Gasteiger partial charge in [0.05, 0.1) is 6.54 Å². The minimum atomic E-state index is 0.585. The number of aromatic nitrogens is 2. The summed E-state index contributed by atoms with van der Waals surface area (Å²) in [5, 5.41) is 7.54. The van der Waals surface area contributed by atoms with Crippen LogP contribution in [0, 0.1) is 12.8 Å². The maximum Gasteiger partial charge on any atom is 0.223 e. The second-order valence-electron chi connectivity index (χ2n) is 4.91. The Morgan fingerprint density at radius 1 is 1.59 bits per heavy atom. The molecule has 96 valence electrons. The third kappa shape index (κ3) is 3.26. The molecule has 0 amide bonds. The minimum Gasteiger partial charge on any atom is -0.340 e. The molecule has 0 spiro atoms. The largest absolute Gasteiger partial charge is 0.340 e. The van der Waals surface area contributed by atoms with Crippen LogP contribution in [0.5, 0.6) is 0 Å². The average molecular weight is 238 g/mol. The van der Waals surface area contributed by atoms with Crippen LogP contribution in [0.4, 0.5) is 0 Å². The van der Waals surface area contributed by atoms with Crippen LogP contribution in [0.15, 0.2) is 4.52 Å². The molecular weight excluding hydrogens is 216 g/mol. The van der Waals surface area contributed by atoms with Gasteiger partial charge in [0.1, 0.15) is 0 Å². The minimum absolute atomic E-state index is 0.585. The molecule has 1 aromatic heterocycles. The molecule has 17 heavy (non-hydrogen) atoms. The van der Waals surface area contributed by atoms with Crippen LogP contribution in [0.2, 0.25) is 0 Å². The van der Waals surface area contributed by atoms with Gasteiger partial charge in [-0.1, -0.05) is 25.4 Å². The topological polar surface area (TPSA) is 54.2 Å². The van der Waals surface area contributed by atoms with Gasteiger partial charge in [0.2, 0.25) is 5.89 Å². The van der Waals surface area contributed by atoms with Crippen molar-refractivity contribution in [2.24, 2.45) is 5.92 Å². The molecule has 0 radical (unpaired) electrons. The van der Waals surface area contributed by atoms with E-state index >= 15 is 0 Å². The summed E-state index contributed by atoms with van der Waals surface area (Å²) in [5.74, 6) is 2.16. The van der Waals surface area contributed by atoms with Crippen LogP contribution in [0.1, 0.15) is 32.0 Å². The molecule has 1 saturated heterocycles. The predicted molar refractivity (Wildman–Crippen MR) is 65.6 cm³/mol. The number of nitrogens with one attached hydrogen (secondary N) is 1. The molecule has 2 heterocycles. The molecule has 2 unspecified atom stereocenters. The highest BCUT2D eigenvalue weighted by Gasteiger charge is 2.23. The van der Waals surface area contributed by atoms with Crippen molar-refractivity contribution in [3.63, 3.8) is 0 Å². The van der Waals surface area contributed by atoms with E-state index in [1.165, 1.54) is 6.42 Å². The summed E-state index contributed by atoms with van der Waals surface area (Å²) < 4.78 is 5.00. The first-order valence-corrected chi connectivity index (χ1v) is 6.44. The van der Waals surface area contributed by atoms with Gasteiger partial charge < -0.3 is 9.84 Å². The van der Waals surface area contributed by atoms with Gasteiger partial charge in [-0.15, -0.1) is 0 Å². The molecule has 5 heteroatoms. The fraction of sp³-hybridized carbons (Fsp3) is 0.833. The number of aryl methyl sites for hydroxylation is 1. The molecule has 5 nitrogen and oxygen atoms in total. The van der Waals surface area contributed by atoms with Crippen LogP contribution in [-0.2, 0) is 6.54 Å². The SMILES string of the molecule is CCC(C)C1CN(Cc2noc(C)n2)CCN1. The molecule has 2 rings (SSSR count). The Hall–Kier alpha value is -0.940. The molecule has 1 aliphatic heterocycles. The van der Waals surface area contributed by atoms with E-state index < -0.39 is 0 Å². The summed E-state index contributed by atoms with van der Waals surface area (Å²) in [5.41, 5.74) is 0. The van der Waals surface area contributed by atoms with Crippen molar-refractivity contribution in [3.05, 3.63) is 11.7 Å². The Balaban J connectivity index is 1.89. The molecule has 0 aromatic carbocycles. The van der Waals surface area contributed by atoms with Crippen molar-refractivity contribution in [2.45, 2.75) is 39.8 Å². The Bertz CT molecular complexity index is 352. The first-order valence-electron chi connectivity index (χ1n) is 6.44. The van der Waals surface area contributed by atoms with E-state index in [9.17, 15) is 0 Å². The maximum atomic E-state index is 5.00. The van der Waals surface area contributed by atoms with E-state index in [0.29, 0.717) is 17.9 Å². The zero-order chi connectivity index (χ0) is 12.3. The number of hydrogen-bond donors (Lipinski definition) is 1. The standard InChI is InChI=1S/C12H22N4O/c1-4-9(2)11-7-16(6-5-13-11)8-12-14-10(3)17-15-12/h9,11,13H,4-8H2,1-3H3. The lowest BCUT2D eigenvalue weighted by atomic mass is 9.97. The van der Waals surface area contributed by atoms with Crippen molar-refractivity contribution in [1.29, 1.82) is 0 Å². The van der Waals surface area contributed by atoms with Gasteiger partial charge in [-0.05, 0) is 5.92 Å². The summed E-state index contributed by atoms with van der Waals surface area (Å²) in [6.45, 7) is 10.4. The van der Waals surface area contributed by atoms with Gasteiger partial charge in [-0.25, -0.2) is 0 Å². The third-order valence-corrected chi connectivity index (χ3v) is 3.55. The Morgan fingerprint density at radius 2 is 2.41 bits per heavy atom. The van der Waals surface area contributed by atoms with Crippen molar-refractivity contribution < 1.29 is 4.52 Å². The lowest BCUT2D eigenvalue weighted by molar-refractivity contribution is 0.158. The monoisotopic (exact) mass is 238 g/mol. The van der Waals surface area contributed by atoms with Gasteiger partial charge in [0.25, 0.3) is 0 Å². The number of piperazine rings is 1. The highest BCUT2D eigenvalue weighted by Crippen LogP contribution is 2.13. The van der Waals surface area contributed by atoms with E-state index in [2.05, 4.69) is 34.2 Å². The third-order valence-electron chi connectivity index (χ3n) is 3.55. The van der Waals surface area contributed by atoms with Crippen molar-refractivity contribution in [2.75, 3.05) is 19.6 Å². The summed E-state index contributed by atoms with van der Waals surface area (Å²) >= 11 is 0. The first kappa shape index (κ1) is 12.5. The summed E-state index contributed by atoms with van der Waals surface area (Å²) in [6.07, 6.45) is 1.22. The van der Waals surface area contributed by atoms with Crippen molar-refractivity contribution in [1.82, 2.24) is 20.4 Å². The van der Waals surface area contributed by atoms with Crippen LogP contribution < -0.4 is 5.32 Å². The molecule has 1 aromatic rings. The van der Waals surface area contributed by atoms with Gasteiger partial charge in [0.15, 0.2) is 5.82 Å². The summed E-state index contributed by atoms with van der Waals surface area (Å²) in [6, 6.07) is 0.585. The first-order chi connectivity index (χ1) is 8.19. The van der Waals surface area contributed by atoms with Crippen molar-refractivity contribution >= 4 is 0 Å². The van der Waals surface area contributed by atoms with Crippen LogP contribution >= 0.6 is 0 Å². The number of nitrogens with zero attached hydrogens (tertiary/aromatic N) is 3. The van der Waals surface area contributed by atoms with E-state index in [0.717, 1.165) is 32.0 Å². The van der Waals surface area contributed by atoms with E-state index in [1.807, 2.05) is 6.92 Å². The number of rotatable bonds is 4. The Kier molecular flexibility index (Phi) is 4.12. The molecule has 0 bridgehead atoms. The van der Waals surface area contributed by atoms with Gasteiger partial charge >= 0.3 is 0 Å². The molecule has 1 N–H and O–H groups in total. The van der Waals surface area contributed by atoms with Crippen LogP contribution in [0.25, 0.3) is 0 Å². The normalized spacial score (nSPS) is 23.8. The second-order valence-corrected chi connectivity index (χ2v) is 4.91. The lowest BCUT2D eigenvalue weighted by Gasteiger charge is -2.35. The Morgan fingerprint density at radius 3 is 3.06 bits per heavy atom. The van der Waals surface area contributed by atoms with Crippen LogP contribution in [0.3, 0.4) is 0 Å². The molecule has 0 saturated carbocycles. The summed E-state index contributed by atoms with van der Waals surface area (Å²) in [7, 11) is 0. The fourth-order valence-corrected chi connectivity index (χ4v) is 2.26. The molecule has 0 aliphatic carbocycles. The van der Waals surface area contributed by atoms with E-state index in [4.69, 9.17) is 4.52 Å². The van der Waals surface area contributed by atoms with E-state index in [1.54, 1.807) is 0 Å². The highest BCUT2D eigenvalue weighted by atomic mass is 16.5. The zero-order valence-corrected chi connectivity index (χ0v) is 10.9. The van der Waals surface area contributed by atoms with Gasteiger partial charge in [0, 0.05) is 32.6 Å². The van der Waals surface area contributed by atoms with Crippen molar-refractivity contribution in [3.8, 4) is 0 Å². The smallest absolute Gasteiger partial charge is 0.223 e. The van der Waals surface area contributed by atoms with E-state index in [-0.39, 0.29) is 0 Å². The average Bonchev–Trinajstić information content (AvgIpc) is 2.74. The molecule has 1 aliphatic rings. The zero-order valence-electron chi connectivity index (χ0n) is 10.9. The molecule has 1 fully saturated rings. The lowest BCUT2D eigenvalue weighted by Crippen LogP contribution is -2.52. The maximum absolute atomic E-state index is 5.00. The van der Waals surface area contributed by atoms with Crippen LogP contribution in [-0.4, -0.2) is 40.7 Å². The molecular formula is C12H22N4O. The quantitative estimate of drug-likeness (QED) is 0.854. The highest BCUT2D eigenvalue weighted by molar-refractivity contribution is 4.88.